The predicted octanol–water partition coefficient (Wildman–Crippen LogP) is 5.54. The third-order valence-electron chi connectivity index (χ3n) is 5.69. The van der Waals surface area contributed by atoms with Gasteiger partial charge in [-0.05, 0) is 55.8 Å². The molecule has 1 aliphatic heterocycles. The Morgan fingerprint density at radius 1 is 0.972 bits per heavy atom. The van der Waals surface area contributed by atoms with Crippen LogP contribution in [-0.2, 0) is 14.3 Å². The number of carbonyl (C=O) groups excluding carboxylic acids is 3. The topological polar surface area (TPSA) is 93.1 Å². The summed E-state index contributed by atoms with van der Waals surface area (Å²) >= 11 is 6.24. The largest absolute Gasteiger partial charge is 0.507 e. The summed E-state index contributed by atoms with van der Waals surface area (Å²) in [5.74, 6) is -2.21. The maximum absolute atomic E-state index is 13.3. The van der Waals surface area contributed by atoms with Gasteiger partial charge in [-0.1, -0.05) is 48.0 Å². The second-order valence-corrected chi connectivity index (χ2v) is 8.84. The van der Waals surface area contributed by atoms with Crippen LogP contribution in [0.4, 0.5) is 5.69 Å². The van der Waals surface area contributed by atoms with Gasteiger partial charge in [0.2, 0.25) is 0 Å². The molecule has 1 N–H and O–H groups in total. The summed E-state index contributed by atoms with van der Waals surface area (Å²) in [5.41, 5.74) is 1.32. The Hall–Kier alpha value is -4.10. The monoisotopic (exact) mass is 505 g/mol. The van der Waals surface area contributed by atoms with Crippen molar-refractivity contribution in [2.24, 2.45) is 0 Å². The second-order valence-electron chi connectivity index (χ2n) is 8.43. The number of aliphatic hydroxyl groups is 1. The van der Waals surface area contributed by atoms with Crippen molar-refractivity contribution in [2.75, 3.05) is 12.0 Å². The smallest absolute Gasteiger partial charge is 0.338 e. The number of halogens is 1. The molecule has 3 aromatic rings. The van der Waals surface area contributed by atoms with Crippen molar-refractivity contribution in [1.82, 2.24) is 0 Å². The predicted molar refractivity (Wildman–Crippen MR) is 136 cm³/mol. The van der Waals surface area contributed by atoms with Gasteiger partial charge in [-0.3, -0.25) is 14.5 Å². The van der Waals surface area contributed by atoms with E-state index in [9.17, 15) is 19.5 Å². The zero-order valence-electron chi connectivity index (χ0n) is 19.9. The number of nitrogens with zero attached hydrogens (tertiary/aromatic N) is 1. The van der Waals surface area contributed by atoms with Gasteiger partial charge >= 0.3 is 5.97 Å². The number of esters is 1. The fraction of sp³-hybridized carbons (Fsp3) is 0.179. The third kappa shape index (κ3) is 4.70. The number of ether oxygens (including phenoxy) is 2. The van der Waals surface area contributed by atoms with Crippen LogP contribution >= 0.6 is 11.6 Å². The summed E-state index contributed by atoms with van der Waals surface area (Å²) in [7, 11) is 1.47. The van der Waals surface area contributed by atoms with Crippen LogP contribution in [0, 0.1) is 0 Å². The summed E-state index contributed by atoms with van der Waals surface area (Å²) in [5, 5.41) is 11.5. The fourth-order valence-corrected chi connectivity index (χ4v) is 4.34. The van der Waals surface area contributed by atoms with Gasteiger partial charge in [0, 0.05) is 11.3 Å². The molecule has 0 aliphatic carbocycles. The van der Waals surface area contributed by atoms with Gasteiger partial charge in [0.25, 0.3) is 11.7 Å². The second kappa shape index (κ2) is 10.3. The molecule has 0 spiro atoms. The molecule has 1 atom stereocenters. The van der Waals surface area contributed by atoms with Crippen LogP contribution in [0.2, 0.25) is 5.02 Å². The number of hydrogen-bond acceptors (Lipinski definition) is 6. The molecule has 0 saturated carbocycles. The highest BCUT2D eigenvalue weighted by atomic mass is 35.5. The molecule has 7 nitrogen and oxygen atoms in total. The van der Waals surface area contributed by atoms with Crippen LogP contribution < -0.4 is 9.64 Å². The van der Waals surface area contributed by atoms with E-state index < -0.39 is 23.7 Å². The first-order chi connectivity index (χ1) is 17.2. The fourth-order valence-electron chi connectivity index (χ4n) is 4.08. The quantitative estimate of drug-likeness (QED) is 0.204. The van der Waals surface area contributed by atoms with Crippen LogP contribution in [0.3, 0.4) is 0 Å². The minimum absolute atomic E-state index is 0.0948. The number of hydrogen-bond donors (Lipinski definition) is 1. The minimum Gasteiger partial charge on any atom is -0.507 e. The number of ketones is 1. The van der Waals surface area contributed by atoms with E-state index in [2.05, 4.69) is 0 Å². The molecule has 0 bridgehead atoms. The van der Waals surface area contributed by atoms with E-state index in [-0.39, 0.29) is 33.6 Å². The van der Waals surface area contributed by atoms with Gasteiger partial charge in [-0.15, -0.1) is 0 Å². The molecule has 3 aromatic carbocycles. The number of aliphatic hydroxyl groups excluding tert-OH is 1. The summed E-state index contributed by atoms with van der Waals surface area (Å²) in [6, 6.07) is 18.8. The van der Waals surface area contributed by atoms with E-state index in [4.69, 9.17) is 21.1 Å². The number of anilines is 1. The Labute approximate surface area is 213 Å². The number of methoxy groups -OCH3 is 1. The number of amides is 1. The molecule has 36 heavy (non-hydrogen) atoms. The number of benzene rings is 3. The van der Waals surface area contributed by atoms with Crippen molar-refractivity contribution in [1.29, 1.82) is 0 Å². The lowest BCUT2D eigenvalue weighted by Gasteiger charge is -2.26. The molecule has 184 valence electrons. The highest BCUT2D eigenvalue weighted by molar-refractivity contribution is 6.51. The first-order valence-corrected chi connectivity index (χ1v) is 11.6. The molecule has 1 unspecified atom stereocenters. The molecule has 1 aliphatic rings. The van der Waals surface area contributed by atoms with Crippen LogP contribution in [0.25, 0.3) is 5.76 Å². The van der Waals surface area contributed by atoms with Crippen LogP contribution in [0.15, 0.2) is 78.4 Å². The zero-order chi connectivity index (χ0) is 26.0. The Bertz CT molecular complexity index is 1370. The lowest BCUT2D eigenvalue weighted by Crippen LogP contribution is -2.29. The Balaban J connectivity index is 1.88. The molecule has 0 radical (unpaired) electrons. The highest BCUT2D eigenvalue weighted by Gasteiger charge is 2.47. The van der Waals surface area contributed by atoms with Gasteiger partial charge in [0.05, 0.1) is 35.4 Å². The standard InChI is InChI=1S/C28H24ClNO6/c1-16(2)36-28(34)19-10-7-11-20(14-19)30-24(17-8-5-4-6-9-17)23(26(32)27(30)33)25(31)18-12-13-22(35-3)21(29)15-18/h4-16,24,31H,1-3H3/b25-23+. The molecule has 8 heteroatoms. The summed E-state index contributed by atoms with van der Waals surface area (Å²) < 4.78 is 10.4. The molecule has 1 saturated heterocycles. The van der Waals surface area contributed by atoms with Crippen LogP contribution in [0.5, 0.6) is 5.75 Å². The average molecular weight is 506 g/mol. The van der Waals surface area contributed by atoms with E-state index in [0.717, 1.165) is 0 Å². The average Bonchev–Trinajstić information content (AvgIpc) is 3.14. The van der Waals surface area contributed by atoms with E-state index in [1.807, 2.05) is 6.07 Å². The van der Waals surface area contributed by atoms with Crippen molar-refractivity contribution in [3.05, 3.63) is 100 Å². The lowest BCUT2D eigenvalue weighted by atomic mass is 9.95. The molecule has 1 amide bonds. The van der Waals surface area contributed by atoms with Crippen molar-refractivity contribution in [2.45, 2.75) is 26.0 Å². The summed E-state index contributed by atoms with van der Waals surface area (Å²) in [6.45, 7) is 3.47. The van der Waals surface area contributed by atoms with Gasteiger partial charge in [0.15, 0.2) is 0 Å². The summed E-state index contributed by atoms with van der Waals surface area (Å²) in [4.78, 5) is 40.4. The third-order valence-corrected chi connectivity index (χ3v) is 5.98. The van der Waals surface area contributed by atoms with E-state index in [0.29, 0.717) is 17.0 Å². The number of Topliss-reactive ketones (excluding diaryl/α,β-unsaturated/α-hetero) is 1. The van der Waals surface area contributed by atoms with Crippen molar-refractivity contribution in [3.63, 3.8) is 0 Å². The minimum atomic E-state index is -0.941. The molecule has 1 fully saturated rings. The zero-order valence-corrected chi connectivity index (χ0v) is 20.7. The van der Waals surface area contributed by atoms with Gasteiger partial charge in [-0.25, -0.2) is 4.79 Å². The van der Waals surface area contributed by atoms with Crippen molar-refractivity contribution < 1.29 is 29.0 Å². The Morgan fingerprint density at radius 2 is 1.69 bits per heavy atom. The van der Waals surface area contributed by atoms with Gasteiger partial charge < -0.3 is 14.6 Å². The van der Waals surface area contributed by atoms with Gasteiger partial charge in [-0.2, -0.15) is 0 Å². The Morgan fingerprint density at radius 3 is 2.33 bits per heavy atom. The molecule has 4 rings (SSSR count). The number of carbonyl (C=O) groups is 3. The molecular weight excluding hydrogens is 482 g/mol. The molecule has 1 heterocycles. The van der Waals surface area contributed by atoms with Crippen LogP contribution in [-0.4, -0.2) is 36.0 Å². The molecular formula is C28H24ClNO6. The first-order valence-electron chi connectivity index (χ1n) is 11.2. The molecule has 0 aromatic heterocycles. The van der Waals surface area contributed by atoms with E-state index >= 15 is 0 Å². The van der Waals surface area contributed by atoms with Gasteiger partial charge in [0.1, 0.15) is 11.5 Å². The van der Waals surface area contributed by atoms with E-state index in [1.54, 1.807) is 68.4 Å². The first kappa shape index (κ1) is 25.0. The van der Waals surface area contributed by atoms with E-state index in [1.165, 1.54) is 24.1 Å². The maximum Gasteiger partial charge on any atom is 0.338 e. The van der Waals surface area contributed by atoms with Crippen LogP contribution in [0.1, 0.15) is 41.4 Å². The normalized spacial score (nSPS) is 16.9. The maximum atomic E-state index is 13.3. The van der Waals surface area contributed by atoms with Crippen molar-refractivity contribution in [3.8, 4) is 5.75 Å². The lowest BCUT2D eigenvalue weighted by molar-refractivity contribution is -0.132. The summed E-state index contributed by atoms with van der Waals surface area (Å²) in [6.07, 6.45) is -0.323. The SMILES string of the molecule is COc1ccc(/C(O)=C2\C(=O)C(=O)N(c3cccc(C(=O)OC(C)C)c3)C2c2ccccc2)cc1Cl. The number of rotatable bonds is 6. The highest BCUT2D eigenvalue weighted by Crippen LogP contribution is 2.42. The Kier molecular flexibility index (Phi) is 7.12. The van der Waals surface area contributed by atoms with Crippen molar-refractivity contribution >= 4 is 40.7 Å².